The number of imidazole rings is 1. The molecular weight excluding hydrogens is 290 g/mol. The summed E-state index contributed by atoms with van der Waals surface area (Å²) >= 11 is 0. The van der Waals surface area contributed by atoms with Gasteiger partial charge in [0.05, 0.1) is 11.3 Å². The maximum Gasteiger partial charge on any atom is 0.137 e. The molecular formula is C18H25N3O2. The highest BCUT2D eigenvalue weighted by molar-refractivity contribution is 5.41. The third-order valence-corrected chi connectivity index (χ3v) is 5.12. The highest BCUT2D eigenvalue weighted by atomic mass is 16.5. The average Bonchev–Trinajstić information content (AvgIpc) is 2.96. The van der Waals surface area contributed by atoms with E-state index in [0.717, 1.165) is 63.4 Å². The molecule has 5 heteroatoms. The normalized spacial score (nSPS) is 24.3. The maximum atomic E-state index is 6.11. The number of fused-ring (bicyclic) bond motifs is 1. The van der Waals surface area contributed by atoms with Crippen LogP contribution in [0, 0.1) is 6.92 Å². The van der Waals surface area contributed by atoms with E-state index < -0.39 is 0 Å². The first-order valence-corrected chi connectivity index (χ1v) is 8.62. The fraction of sp³-hybridized carbons (Fsp3) is 0.611. The Bertz CT molecular complexity index is 670. The molecule has 0 aromatic carbocycles. The zero-order valence-electron chi connectivity index (χ0n) is 13.8. The van der Waals surface area contributed by atoms with Crippen LogP contribution in [-0.4, -0.2) is 40.8 Å². The fourth-order valence-corrected chi connectivity index (χ4v) is 3.78. The van der Waals surface area contributed by atoms with Crippen molar-refractivity contribution in [1.29, 1.82) is 0 Å². The fourth-order valence-electron chi connectivity index (χ4n) is 3.78. The molecule has 4 heterocycles. The van der Waals surface area contributed by atoms with Gasteiger partial charge < -0.3 is 19.2 Å². The molecule has 4 rings (SSSR count). The highest BCUT2D eigenvalue weighted by Crippen LogP contribution is 2.34. The van der Waals surface area contributed by atoms with E-state index in [1.807, 2.05) is 0 Å². The summed E-state index contributed by atoms with van der Waals surface area (Å²) in [6.45, 7) is 5.43. The quantitative estimate of drug-likeness (QED) is 0.945. The lowest BCUT2D eigenvalue weighted by Crippen LogP contribution is -2.49. The Morgan fingerprint density at radius 3 is 3.00 bits per heavy atom. The van der Waals surface area contributed by atoms with Gasteiger partial charge >= 0.3 is 0 Å². The highest BCUT2D eigenvalue weighted by Gasteiger charge is 2.38. The monoisotopic (exact) mass is 315 g/mol. The van der Waals surface area contributed by atoms with Crippen LogP contribution in [0.25, 0.3) is 5.65 Å². The van der Waals surface area contributed by atoms with E-state index in [4.69, 9.17) is 14.5 Å². The van der Waals surface area contributed by atoms with Crippen molar-refractivity contribution >= 4 is 5.65 Å². The van der Waals surface area contributed by atoms with E-state index >= 15 is 0 Å². The van der Waals surface area contributed by atoms with Crippen LogP contribution < -0.4 is 5.32 Å². The largest absolute Gasteiger partial charge is 0.381 e. The second kappa shape index (κ2) is 6.23. The first kappa shape index (κ1) is 15.1. The molecule has 2 aromatic heterocycles. The van der Waals surface area contributed by atoms with Crippen LogP contribution in [0.1, 0.15) is 36.9 Å². The molecule has 2 fully saturated rings. The minimum Gasteiger partial charge on any atom is -0.381 e. The number of aromatic nitrogens is 2. The minimum absolute atomic E-state index is 0.0458. The van der Waals surface area contributed by atoms with Crippen LogP contribution in [0.2, 0.25) is 0 Å². The van der Waals surface area contributed by atoms with Crippen LogP contribution in [-0.2, 0) is 16.0 Å². The first-order chi connectivity index (χ1) is 11.2. The molecule has 5 nitrogen and oxygen atoms in total. The minimum atomic E-state index is 0.0458. The predicted octanol–water partition coefficient (Wildman–Crippen LogP) is 2.46. The molecule has 0 saturated carbocycles. The predicted molar refractivity (Wildman–Crippen MR) is 88.5 cm³/mol. The van der Waals surface area contributed by atoms with E-state index in [1.165, 1.54) is 5.56 Å². The van der Waals surface area contributed by atoms with Gasteiger partial charge in [-0.3, -0.25) is 0 Å². The van der Waals surface area contributed by atoms with Gasteiger partial charge in [-0.2, -0.15) is 0 Å². The Labute approximate surface area is 137 Å². The van der Waals surface area contributed by atoms with Crippen molar-refractivity contribution in [3.63, 3.8) is 0 Å². The van der Waals surface area contributed by atoms with Gasteiger partial charge in [-0.25, -0.2) is 4.98 Å². The number of nitrogens with zero attached hydrogens (tertiary/aromatic N) is 2. The van der Waals surface area contributed by atoms with Gasteiger partial charge in [0.15, 0.2) is 0 Å². The molecule has 0 unspecified atom stereocenters. The summed E-state index contributed by atoms with van der Waals surface area (Å²) in [4.78, 5) is 4.69. The molecule has 0 aliphatic carbocycles. The molecule has 1 spiro atoms. The smallest absolute Gasteiger partial charge is 0.137 e. The summed E-state index contributed by atoms with van der Waals surface area (Å²) in [5.41, 5.74) is 3.41. The number of rotatable bonds is 3. The standard InChI is InChI=1S/C18H25N3O2/c1-14-2-3-17-20-16(13-21(17)12-14)11-19-15-4-7-23-18(10-15)5-8-22-9-6-18/h2-3,12-13,15,19H,4-11H2,1H3/t15-/m1/s1. The molecule has 124 valence electrons. The van der Waals surface area contributed by atoms with Crippen LogP contribution >= 0.6 is 0 Å². The second-order valence-electron chi connectivity index (χ2n) is 6.92. The summed E-state index contributed by atoms with van der Waals surface area (Å²) < 4.78 is 13.7. The van der Waals surface area contributed by atoms with E-state index in [9.17, 15) is 0 Å². The summed E-state index contributed by atoms with van der Waals surface area (Å²) in [6.07, 6.45) is 8.46. The number of nitrogens with one attached hydrogen (secondary N) is 1. The molecule has 0 bridgehead atoms. The Morgan fingerprint density at radius 1 is 1.26 bits per heavy atom. The third-order valence-electron chi connectivity index (χ3n) is 5.12. The number of aryl methyl sites for hydroxylation is 1. The summed E-state index contributed by atoms with van der Waals surface area (Å²) in [7, 11) is 0. The van der Waals surface area contributed by atoms with E-state index in [-0.39, 0.29) is 5.60 Å². The van der Waals surface area contributed by atoms with E-state index in [2.05, 4.69) is 41.2 Å². The van der Waals surface area contributed by atoms with Crippen LogP contribution in [0.5, 0.6) is 0 Å². The SMILES string of the molecule is Cc1ccc2nc(CN[C@@H]3CCOC4(CCOCC4)C3)cn2c1. The van der Waals surface area contributed by atoms with E-state index in [1.54, 1.807) is 0 Å². The molecule has 2 saturated heterocycles. The number of hydrogen-bond acceptors (Lipinski definition) is 4. The van der Waals surface area contributed by atoms with Crippen molar-refractivity contribution in [2.45, 2.75) is 50.8 Å². The molecule has 1 N–H and O–H groups in total. The molecule has 1 atom stereocenters. The van der Waals surface area contributed by atoms with Gasteiger partial charge in [0, 0.05) is 44.8 Å². The second-order valence-corrected chi connectivity index (χ2v) is 6.92. The van der Waals surface area contributed by atoms with Gasteiger partial charge in [0.25, 0.3) is 0 Å². The van der Waals surface area contributed by atoms with Crippen LogP contribution in [0.3, 0.4) is 0 Å². The first-order valence-electron chi connectivity index (χ1n) is 8.62. The van der Waals surface area contributed by atoms with Gasteiger partial charge in [0.2, 0.25) is 0 Å². The van der Waals surface area contributed by atoms with Crippen molar-refractivity contribution in [1.82, 2.24) is 14.7 Å². The van der Waals surface area contributed by atoms with Gasteiger partial charge in [-0.1, -0.05) is 6.07 Å². The van der Waals surface area contributed by atoms with E-state index in [0.29, 0.717) is 6.04 Å². The Hall–Kier alpha value is -1.43. The van der Waals surface area contributed by atoms with Gasteiger partial charge in [-0.05, 0) is 44.2 Å². The summed E-state index contributed by atoms with van der Waals surface area (Å²) in [5, 5.41) is 3.69. The third kappa shape index (κ3) is 3.27. The number of ether oxygens (including phenoxy) is 2. The zero-order valence-corrected chi connectivity index (χ0v) is 13.8. The van der Waals surface area contributed by atoms with Crippen LogP contribution in [0.15, 0.2) is 24.5 Å². The number of hydrogen-bond donors (Lipinski definition) is 1. The molecule has 0 radical (unpaired) electrons. The summed E-state index contributed by atoms with van der Waals surface area (Å²) in [6, 6.07) is 4.69. The molecule has 0 amide bonds. The molecule has 2 aliphatic heterocycles. The van der Waals surface area contributed by atoms with Crippen molar-refractivity contribution in [2.24, 2.45) is 0 Å². The lowest BCUT2D eigenvalue weighted by Gasteiger charge is -2.43. The van der Waals surface area contributed by atoms with Crippen molar-refractivity contribution < 1.29 is 9.47 Å². The van der Waals surface area contributed by atoms with Crippen molar-refractivity contribution in [3.05, 3.63) is 35.8 Å². The Kier molecular flexibility index (Phi) is 4.09. The lowest BCUT2D eigenvalue weighted by atomic mass is 9.84. The molecule has 23 heavy (non-hydrogen) atoms. The topological polar surface area (TPSA) is 47.8 Å². The van der Waals surface area contributed by atoms with Gasteiger partial charge in [-0.15, -0.1) is 0 Å². The average molecular weight is 315 g/mol. The number of pyridine rings is 1. The maximum absolute atomic E-state index is 6.11. The van der Waals surface area contributed by atoms with Crippen LogP contribution in [0.4, 0.5) is 0 Å². The molecule has 2 aromatic rings. The molecule has 2 aliphatic rings. The van der Waals surface area contributed by atoms with Crippen molar-refractivity contribution in [2.75, 3.05) is 19.8 Å². The van der Waals surface area contributed by atoms with Crippen molar-refractivity contribution in [3.8, 4) is 0 Å². The lowest BCUT2D eigenvalue weighted by molar-refractivity contribution is -0.140. The Morgan fingerprint density at radius 2 is 2.13 bits per heavy atom. The Balaban J connectivity index is 1.39. The van der Waals surface area contributed by atoms with Gasteiger partial charge in [0.1, 0.15) is 5.65 Å². The zero-order chi connectivity index (χ0) is 15.7. The summed E-state index contributed by atoms with van der Waals surface area (Å²) in [5.74, 6) is 0.